The van der Waals surface area contributed by atoms with Crippen molar-refractivity contribution in [2.24, 2.45) is 0 Å². The van der Waals surface area contributed by atoms with Gasteiger partial charge in [-0.1, -0.05) is 90.2 Å². The van der Waals surface area contributed by atoms with Crippen LogP contribution in [0.1, 0.15) is 17.0 Å². The van der Waals surface area contributed by atoms with Crippen LogP contribution >= 0.6 is 6.04 Å². The van der Waals surface area contributed by atoms with Gasteiger partial charge in [0.2, 0.25) is 0 Å². The number of aromatic nitrogens is 1. The zero-order chi connectivity index (χ0) is 19.7. The summed E-state index contributed by atoms with van der Waals surface area (Å²) in [5.41, 5.74) is 4.91. The second-order valence-corrected chi connectivity index (χ2v) is 11.6. The van der Waals surface area contributed by atoms with E-state index < -0.39 is 6.04 Å². The van der Waals surface area contributed by atoms with Crippen LogP contribution in [0.2, 0.25) is 0 Å². The van der Waals surface area contributed by atoms with Gasteiger partial charge < -0.3 is 4.57 Å². The number of aryl methyl sites for hydroxylation is 2. The average molecular weight is 402 g/mol. The molecule has 0 spiro atoms. The van der Waals surface area contributed by atoms with E-state index in [0.717, 1.165) is 0 Å². The van der Waals surface area contributed by atoms with Gasteiger partial charge in [-0.15, -0.1) is 0 Å². The fourth-order valence-electron chi connectivity index (χ4n) is 3.86. The highest BCUT2D eigenvalue weighted by Crippen LogP contribution is 2.44. The van der Waals surface area contributed by atoms with Crippen LogP contribution in [0, 0.1) is 20.8 Å². The molecule has 0 amide bonds. The molecule has 0 saturated carbocycles. The third-order valence-electron chi connectivity index (χ3n) is 5.28. The van der Waals surface area contributed by atoms with Gasteiger partial charge in [0, 0.05) is 28.4 Å². The number of hydrogen-bond donors (Lipinski definition) is 0. The summed E-state index contributed by atoms with van der Waals surface area (Å²) >= 11 is 6.53. The summed E-state index contributed by atoms with van der Waals surface area (Å²) in [7, 11) is 0. The lowest BCUT2D eigenvalue weighted by Gasteiger charge is -2.24. The van der Waals surface area contributed by atoms with Crippen molar-refractivity contribution < 1.29 is 0 Å². The molecule has 4 aromatic rings. The summed E-state index contributed by atoms with van der Waals surface area (Å²) in [6.07, 6.45) is 0. The van der Waals surface area contributed by atoms with E-state index in [1.807, 2.05) is 0 Å². The van der Waals surface area contributed by atoms with Crippen LogP contribution in [0.4, 0.5) is 0 Å². The van der Waals surface area contributed by atoms with E-state index in [1.165, 1.54) is 38.6 Å². The lowest BCUT2D eigenvalue weighted by molar-refractivity contribution is 0.968. The van der Waals surface area contributed by atoms with Crippen molar-refractivity contribution in [2.45, 2.75) is 20.8 Å². The maximum atomic E-state index is 6.53. The first-order valence-electron chi connectivity index (χ1n) is 9.49. The molecule has 3 aromatic carbocycles. The van der Waals surface area contributed by atoms with Crippen LogP contribution < -0.4 is 15.9 Å². The molecule has 1 aromatic heterocycles. The van der Waals surface area contributed by atoms with Gasteiger partial charge in [0.15, 0.2) is 0 Å². The summed E-state index contributed by atoms with van der Waals surface area (Å²) < 4.78 is 2.34. The largest absolute Gasteiger partial charge is 0.318 e. The smallest absolute Gasteiger partial charge is 0.0455 e. The predicted molar refractivity (Wildman–Crippen MR) is 126 cm³/mol. The summed E-state index contributed by atoms with van der Waals surface area (Å²) in [5, 5.41) is 3.75. The van der Waals surface area contributed by atoms with Crippen molar-refractivity contribution in [3.8, 4) is 5.69 Å². The number of nitrogens with zero attached hydrogens (tertiary/aromatic N) is 1. The molecule has 4 rings (SSSR count). The first-order chi connectivity index (χ1) is 13.5. The summed E-state index contributed by atoms with van der Waals surface area (Å²) in [6.45, 7) is 6.50. The molecule has 0 aliphatic heterocycles. The van der Waals surface area contributed by atoms with Crippen molar-refractivity contribution in [3.63, 3.8) is 0 Å². The number of hydrogen-bond acceptors (Lipinski definition) is 1. The molecule has 1 nitrogen and oxygen atoms in total. The van der Waals surface area contributed by atoms with Crippen molar-refractivity contribution >= 4 is 33.8 Å². The predicted octanol–water partition coefficient (Wildman–Crippen LogP) is 5.16. The first-order valence-corrected chi connectivity index (χ1v) is 12.3. The molecule has 0 aliphatic carbocycles. The van der Waals surface area contributed by atoms with Crippen molar-refractivity contribution in [2.75, 3.05) is 0 Å². The lowest BCUT2D eigenvalue weighted by atomic mass is 10.2. The Bertz CT molecular complexity index is 1100. The molecule has 0 N–H and O–H groups in total. The molecule has 28 heavy (non-hydrogen) atoms. The van der Waals surface area contributed by atoms with Gasteiger partial charge in [0.05, 0.1) is 0 Å². The highest BCUT2D eigenvalue weighted by atomic mass is 32.4. The third-order valence-corrected chi connectivity index (χ3v) is 10.3. The quantitative estimate of drug-likeness (QED) is 0.428. The number of rotatable bonds is 4. The van der Waals surface area contributed by atoms with Crippen molar-refractivity contribution in [1.82, 2.24) is 4.57 Å². The van der Waals surface area contributed by atoms with Gasteiger partial charge in [-0.25, -0.2) is 0 Å². The Morgan fingerprint density at radius 1 is 0.679 bits per heavy atom. The van der Waals surface area contributed by atoms with Gasteiger partial charge in [0.25, 0.3) is 0 Å². The second-order valence-electron chi connectivity index (χ2n) is 7.21. The van der Waals surface area contributed by atoms with E-state index in [2.05, 4.69) is 116 Å². The Labute approximate surface area is 172 Å². The molecule has 0 aliphatic rings. The highest BCUT2D eigenvalue weighted by molar-refractivity contribution is 8.25. The molecule has 0 bridgehead atoms. The Morgan fingerprint density at radius 3 is 1.68 bits per heavy atom. The number of benzene rings is 3. The monoisotopic (exact) mass is 401 g/mol. The molecular weight excluding hydrogens is 377 g/mol. The summed E-state index contributed by atoms with van der Waals surface area (Å²) in [4.78, 5) is 0. The van der Waals surface area contributed by atoms with E-state index in [1.54, 1.807) is 0 Å². The van der Waals surface area contributed by atoms with Crippen LogP contribution in [0.25, 0.3) is 5.69 Å². The van der Waals surface area contributed by atoms with Gasteiger partial charge in [0.1, 0.15) is 0 Å². The lowest BCUT2D eigenvalue weighted by Crippen LogP contribution is -2.25. The summed E-state index contributed by atoms with van der Waals surface area (Å²) in [5.74, 6) is 0. The van der Waals surface area contributed by atoms with E-state index in [4.69, 9.17) is 11.8 Å². The van der Waals surface area contributed by atoms with E-state index in [-0.39, 0.29) is 0 Å². The van der Waals surface area contributed by atoms with Crippen LogP contribution in [0.15, 0.2) is 91.0 Å². The molecular formula is C25H24NPS. The van der Waals surface area contributed by atoms with Crippen LogP contribution in [-0.4, -0.2) is 4.57 Å². The minimum absolute atomic E-state index is 1.19. The zero-order valence-corrected chi connectivity index (χ0v) is 18.2. The maximum absolute atomic E-state index is 6.53. The molecule has 0 fully saturated rings. The molecule has 0 atom stereocenters. The topological polar surface area (TPSA) is 4.93 Å². The van der Waals surface area contributed by atoms with Crippen LogP contribution in [-0.2, 0) is 11.8 Å². The van der Waals surface area contributed by atoms with Crippen LogP contribution in [0.5, 0.6) is 0 Å². The third kappa shape index (κ3) is 3.17. The van der Waals surface area contributed by atoms with Gasteiger partial charge >= 0.3 is 0 Å². The average Bonchev–Trinajstić information content (AvgIpc) is 3.04. The normalized spacial score (nSPS) is 11.5. The van der Waals surface area contributed by atoms with Crippen molar-refractivity contribution in [1.29, 1.82) is 0 Å². The van der Waals surface area contributed by atoms with Gasteiger partial charge in [-0.05, 0) is 49.6 Å². The zero-order valence-electron chi connectivity index (χ0n) is 16.5. The molecule has 0 saturated heterocycles. The Morgan fingerprint density at radius 2 is 1.18 bits per heavy atom. The molecule has 140 valence electrons. The van der Waals surface area contributed by atoms with Gasteiger partial charge in [-0.2, -0.15) is 0 Å². The molecule has 0 unspecified atom stereocenters. The van der Waals surface area contributed by atoms with E-state index in [0.29, 0.717) is 0 Å². The molecule has 1 heterocycles. The SMILES string of the molecule is Cc1ccc(-n2c(C)cc(P(=S)(c3ccccc3)c3ccccc3)c2C)cc1. The first kappa shape index (κ1) is 18.9. The van der Waals surface area contributed by atoms with Crippen molar-refractivity contribution in [3.05, 3.63) is 108 Å². The Balaban J connectivity index is 1.98. The second kappa shape index (κ2) is 7.54. The maximum Gasteiger partial charge on any atom is 0.0455 e. The molecule has 0 radical (unpaired) electrons. The Kier molecular flexibility index (Phi) is 5.10. The minimum Gasteiger partial charge on any atom is -0.318 e. The van der Waals surface area contributed by atoms with Gasteiger partial charge in [-0.3, -0.25) is 0 Å². The molecule has 3 heteroatoms. The fraction of sp³-hybridized carbons (Fsp3) is 0.120. The standard InChI is InChI=1S/C25H24NPS/c1-19-14-16-22(17-15-19)26-20(2)18-25(21(26)3)27(28,23-10-6-4-7-11-23)24-12-8-5-9-13-24/h4-18H,1-3H3. The van der Waals surface area contributed by atoms with E-state index >= 15 is 0 Å². The van der Waals surface area contributed by atoms with E-state index in [9.17, 15) is 0 Å². The summed E-state index contributed by atoms with van der Waals surface area (Å²) in [6, 6.07) is 30.1. The highest BCUT2D eigenvalue weighted by Gasteiger charge is 2.29. The Hall–Kier alpha value is -2.41. The fourth-order valence-corrected chi connectivity index (χ4v) is 8.11. The van der Waals surface area contributed by atoms with Crippen LogP contribution in [0.3, 0.4) is 0 Å². The minimum atomic E-state index is -2.14.